The smallest absolute Gasteiger partial charge is 0.0848 e. The number of aliphatic hydroxyl groups is 1. The molecule has 1 saturated heterocycles. The van der Waals surface area contributed by atoms with Gasteiger partial charge in [-0.15, -0.1) is 0 Å². The SMILES string of the molecule is CCC1(C)CC(O)(Cc2c(Cl)c(C)nn2C)CCO1. The molecule has 1 aromatic rings. The van der Waals surface area contributed by atoms with Gasteiger partial charge in [-0.05, 0) is 26.7 Å². The van der Waals surface area contributed by atoms with Crippen molar-refractivity contribution in [3.8, 4) is 0 Å². The Morgan fingerprint density at radius 3 is 2.74 bits per heavy atom. The second kappa shape index (κ2) is 5.08. The zero-order valence-electron chi connectivity index (χ0n) is 12.2. The summed E-state index contributed by atoms with van der Waals surface area (Å²) in [6.45, 7) is 6.63. The highest BCUT2D eigenvalue weighted by atomic mass is 35.5. The van der Waals surface area contributed by atoms with Gasteiger partial charge in [0.15, 0.2) is 0 Å². The third kappa shape index (κ3) is 2.96. The average molecular weight is 287 g/mol. The highest BCUT2D eigenvalue weighted by Crippen LogP contribution is 2.37. The van der Waals surface area contributed by atoms with E-state index in [2.05, 4.69) is 18.9 Å². The van der Waals surface area contributed by atoms with Gasteiger partial charge < -0.3 is 9.84 Å². The van der Waals surface area contributed by atoms with Gasteiger partial charge in [-0.1, -0.05) is 18.5 Å². The molecule has 0 saturated carbocycles. The predicted octanol–water partition coefficient (Wildman–Crippen LogP) is 2.63. The van der Waals surface area contributed by atoms with E-state index in [0.29, 0.717) is 30.9 Å². The van der Waals surface area contributed by atoms with Crippen LogP contribution in [0.2, 0.25) is 5.02 Å². The number of ether oxygens (including phenoxy) is 1. The molecule has 1 fully saturated rings. The lowest BCUT2D eigenvalue weighted by atomic mass is 9.79. The minimum absolute atomic E-state index is 0.243. The van der Waals surface area contributed by atoms with Crippen LogP contribution in [0.4, 0.5) is 0 Å². The Morgan fingerprint density at radius 1 is 1.53 bits per heavy atom. The first-order chi connectivity index (χ1) is 8.79. The van der Waals surface area contributed by atoms with Crippen LogP contribution in [0.25, 0.3) is 0 Å². The maximum Gasteiger partial charge on any atom is 0.0848 e. The van der Waals surface area contributed by atoms with Gasteiger partial charge >= 0.3 is 0 Å². The second-order valence-electron chi connectivity index (χ2n) is 5.95. The lowest BCUT2D eigenvalue weighted by Gasteiger charge is -2.43. The first-order valence-corrected chi connectivity index (χ1v) is 7.21. The molecule has 1 aromatic heterocycles. The molecule has 1 N–H and O–H groups in total. The summed E-state index contributed by atoms with van der Waals surface area (Å²) in [6, 6.07) is 0. The first kappa shape index (κ1) is 14.8. The molecule has 0 aliphatic carbocycles. The van der Waals surface area contributed by atoms with Crippen molar-refractivity contribution in [1.29, 1.82) is 0 Å². The largest absolute Gasteiger partial charge is 0.389 e. The van der Waals surface area contributed by atoms with Crippen molar-refractivity contribution >= 4 is 11.6 Å². The van der Waals surface area contributed by atoms with E-state index in [-0.39, 0.29) is 5.60 Å². The van der Waals surface area contributed by atoms with Gasteiger partial charge in [0, 0.05) is 19.9 Å². The third-order valence-corrected chi connectivity index (χ3v) is 4.72. The summed E-state index contributed by atoms with van der Waals surface area (Å²) in [5, 5.41) is 15.8. The normalized spacial score (nSPS) is 31.7. The van der Waals surface area contributed by atoms with Crippen LogP contribution < -0.4 is 0 Å². The summed E-state index contributed by atoms with van der Waals surface area (Å²) in [5.41, 5.74) is 0.718. The Balaban J connectivity index is 2.21. The zero-order chi connectivity index (χ0) is 14.3. The number of rotatable bonds is 3. The van der Waals surface area contributed by atoms with Crippen LogP contribution in [-0.4, -0.2) is 32.7 Å². The van der Waals surface area contributed by atoms with Gasteiger partial charge in [-0.3, -0.25) is 4.68 Å². The van der Waals surface area contributed by atoms with Crippen molar-refractivity contribution < 1.29 is 9.84 Å². The topological polar surface area (TPSA) is 47.3 Å². The molecule has 19 heavy (non-hydrogen) atoms. The van der Waals surface area contributed by atoms with E-state index in [9.17, 15) is 5.11 Å². The molecule has 2 rings (SSSR count). The van der Waals surface area contributed by atoms with Crippen molar-refractivity contribution in [3.05, 3.63) is 16.4 Å². The molecule has 108 valence electrons. The fraction of sp³-hybridized carbons (Fsp3) is 0.786. The maximum absolute atomic E-state index is 10.9. The van der Waals surface area contributed by atoms with Crippen molar-refractivity contribution in [2.75, 3.05) is 6.61 Å². The van der Waals surface area contributed by atoms with Gasteiger partial charge in [-0.25, -0.2) is 0 Å². The molecular formula is C14H23ClN2O2. The minimum atomic E-state index is -0.757. The van der Waals surface area contributed by atoms with E-state index in [1.165, 1.54) is 0 Å². The summed E-state index contributed by atoms with van der Waals surface area (Å²) in [6.07, 6.45) is 2.70. The number of halogens is 1. The Labute approximate surface area is 119 Å². The highest BCUT2D eigenvalue weighted by molar-refractivity contribution is 6.31. The van der Waals surface area contributed by atoms with Gasteiger partial charge in [-0.2, -0.15) is 5.10 Å². The van der Waals surface area contributed by atoms with Crippen molar-refractivity contribution in [1.82, 2.24) is 9.78 Å². The van der Waals surface area contributed by atoms with Gasteiger partial charge in [0.05, 0.1) is 34.2 Å². The standard InChI is InChI=1S/C14H23ClN2O2/c1-5-13(3)9-14(18,6-7-19-13)8-11-12(15)10(2)16-17(11)4/h18H,5-9H2,1-4H3. The van der Waals surface area contributed by atoms with Crippen LogP contribution in [0.15, 0.2) is 0 Å². The summed E-state index contributed by atoms with van der Waals surface area (Å²) >= 11 is 6.27. The Hall–Kier alpha value is -0.580. The van der Waals surface area contributed by atoms with E-state index in [1.54, 1.807) is 4.68 Å². The Kier molecular flexibility index (Phi) is 3.96. The van der Waals surface area contributed by atoms with Gasteiger partial charge in [0.1, 0.15) is 0 Å². The molecular weight excluding hydrogens is 264 g/mol. The fourth-order valence-electron chi connectivity index (χ4n) is 2.88. The molecule has 1 aliphatic heterocycles. The summed E-state index contributed by atoms with van der Waals surface area (Å²) in [5.74, 6) is 0. The van der Waals surface area contributed by atoms with Crippen LogP contribution in [-0.2, 0) is 18.2 Å². The lowest BCUT2D eigenvalue weighted by molar-refractivity contribution is -0.153. The van der Waals surface area contributed by atoms with Crippen LogP contribution >= 0.6 is 11.6 Å². The lowest BCUT2D eigenvalue weighted by Crippen LogP contribution is -2.48. The van der Waals surface area contributed by atoms with Crippen molar-refractivity contribution in [3.63, 3.8) is 0 Å². The van der Waals surface area contributed by atoms with Crippen molar-refractivity contribution in [2.24, 2.45) is 7.05 Å². The van der Waals surface area contributed by atoms with E-state index in [0.717, 1.165) is 17.8 Å². The maximum atomic E-state index is 10.9. The van der Waals surface area contributed by atoms with E-state index < -0.39 is 5.60 Å². The number of aryl methyl sites for hydroxylation is 2. The average Bonchev–Trinajstić information content (AvgIpc) is 2.56. The summed E-state index contributed by atoms with van der Waals surface area (Å²) < 4.78 is 7.57. The highest BCUT2D eigenvalue weighted by Gasteiger charge is 2.42. The molecule has 2 heterocycles. The summed E-state index contributed by atoms with van der Waals surface area (Å²) in [7, 11) is 1.87. The second-order valence-corrected chi connectivity index (χ2v) is 6.33. The zero-order valence-corrected chi connectivity index (χ0v) is 12.9. The van der Waals surface area contributed by atoms with Crippen LogP contribution in [0.5, 0.6) is 0 Å². The number of hydrogen-bond acceptors (Lipinski definition) is 3. The Bertz CT molecular complexity index is 474. The molecule has 5 heteroatoms. The monoisotopic (exact) mass is 286 g/mol. The first-order valence-electron chi connectivity index (χ1n) is 6.83. The third-order valence-electron chi connectivity index (χ3n) is 4.23. The molecule has 0 amide bonds. The van der Waals surface area contributed by atoms with Gasteiger partial charge in [0.25, 0.3) is 0 Å². The van der Waals surface area contributed by atoms with Crippen LogP contribution in [0.1, 0.15) is 44.5 Å². The molecule has 1 aliphatic rings. The molecule has 2 unspecified atom stereocenters. The Morgan fingerprint density at radius 2 is 2.21 bits per heavy atom. The van der Waals surface area contributed by atoms with E-state index in [1.807, 2.05) is 14.0 Å². The molecule has 0 bridgehead atoms. The van der Waals surface area contributed by atoms with E-state index >= 15 is 0 Å². The van der Waals surface area contributed by atoms with Crippen LogP contribution in [0, 0.1) is 6.92 Å². The molecule has 4 nitrogen and oxygen atoms in total. The fourth-order valence-corrected chi connectivity index (χ4v) is 3.11. The quantitative estimate of drug-likeness (QED) is 0.929. The predicted molar refractivity (Wildman–Crippen MR) is 75.5 cm³/mol. The minimum Gasteiger partial charge on any atom is -0.389 e. The van der Waals surface area contributed by atoms with Gasteiger partial charge in [0.2, 0.25) is 0 Å². The van der Waals surface area contributed by atoms with E-state index in [4.69, 9.17) is 16.3 Å². The molecule has 0 aromatic carbocycles. The number of hydrogen-bond donors (Lipinski definition) is 1. The van der Waals surface area contributed by atoms with Crippen LogP contribution in [0.3, 0.4) is 0 Å². The number of aromatic nitrogens is 2. The molecule has 2 atom stereocenters. The number of nitrogens with zero attached hydrogens (tertiary/aromatic N) is 2. The molecule has 0 radical (unpaired) electrons. The summed E-state index contributed by atoms with van der Waals surface area (Å²) in [4.78, 5) is 0. The van der Waals surface area contributed by atoms with Crippen molar-refractivity contribution in [2.45, 2.75) is 57.7 Å². The molecule has 0 spiro atoms.